The van der Waals surface area contributed by atoms with Crippen molar-refractivity contribution in [1.82, 2.24) is 24.3 Å². The zero-order valence-electron chi connectivity index (χ0n) is 14.4. The number of rotatable bonds is 4. The summed E-state index contributed by atoms with van der Waals surface area (Å²) in [7, 11) is 3.87. The van der Waals surface area contributed by atoms with Gasteiger partial charge in [0.2, 0.25) is 0 Å². The molecule has 3 aromatic rings. The van der Waals surface area contributed by atoms with Gasteiger partial charge < -0.3 is 4.90 Å². The number of hydrogen-bond acceptors (Lipinski definition) is 6. The fourth-order valence-electron chi connectivity index (χ4n) is 2.58. The lowest BCUT2D eigenvalue weighted by Crippen LogP contribution is -2.24. The molecule has 7 nitrogen and oxygen atoms in total. The van der Waals surface area contributed by atoms with Gasteiger partial charge in [-0.2, -0.15) is 0 Å². The van der Waals surface area contributed by atoms with E-state index in [2.05, 4.69) is 15.0 Å². The van der Waals surface area contributed by atoms with Crippen LogP contribution in [-0.4, -0.2) is 44.7 Å². The van der Waals surface area contributed by atoms with Crippen molar-refractivity contribution in [3.8, 4) is 5.69 Å². The molecule has 0 aliphatic rings. The predicted octanol–water partition coefficient (Wildman–Crippen LogP) is 2.35. The SMILES string of the molecule is CSc1ncc2c(=O)n(C(C)C)n(-c3ccnc(N(C)C)c3)c2n1. The van der Waals surface area contributed by atoms with Gasteiger partial charge in [0.1, 0.15) is 11.2 Å². The first-order valence-electron chi connectivity index (χ1n) is 7.62. The monoisotopic (exact) mass is 344 g/mol. The lowest BCUT2D eigenvalue weighted by Gasteiger charge is -2.17. The first kappa shape index (κ1) is 16.5. The highest BCUT2D eigenvalue weighted by atomic mass is 32.2. The smallest absolute Gasteiger partial charge is 0.278 e. The van der Waals surface area contributed by atoms with Gasteiger partial charge in [-0.3, -0.25) is 4.79 Å². The van der Waals surface area contributed by atoms with Crippen molar-refractivity contribution in [2.45, 2.75) is 25.0 Å². The molecule has 3 heterocycles. The molecule has 0 aliphatic carbocycles. The first-order valence-corrected chi connectivity index (χ1v) is 8.84. The standard InChI is InChI=1S/C16H20N6OS/c1-10(2)21-15(23)12-9-18-16(24-5)19-14(12)22(21)11-6-7-17-13(8-11)20(3)4/h6-10H,1-5H3. The Hall–Kier alpha value is -2.35. The Morgan fingerprint density at radius 3 is 2.62 bits per heavy atom. The molecule has 3 rings (SSSR count). The Morgan fingerprint density at radius 1 is 1.25 bits per heavy atom. The van der Waals surface area contributed by atoms with Crippen LogP contribution in [0.2, 0.25) is 0 Å². The molecule has 0 bridgehead atoms. The van der Waals surface area contributed by atoms with E-state index in [1.54, 1.807) is 17.1 Å². The summed E-state index contributed by atoms with van der Waals surface area (Å²) >= 11 is 1.45. The molecule has 0 atom stereocenters. The van der Waals surface area contributed by atoms with Crippen molar-refractivity contribution in [1.29, 1.82) is 0 Å². The summed E-state index contributed by atoms with van der Waals surface area (Å²) in [5.74, 6) is 0.816. The molecule has 0 saturated heterocycles. The molecular formula is C16H20N6OS. The van der Waals surface area contributed by atoms with Gasteiger partial charge in [0.25, 0.3) is 5.56 Å². The van der Waals surface area contributed by atoms with Crippen molar-refractivity contribution in [3.63, 3.8) is 0 Å². The second-order valence-electron chi connectivity index (χ2n) is 5.92. The average Bonchev–Trinajstić information content (AvgIpc) is 2.87. The number of fused-ring (bicyclic) bond motifs is 1. The highest BCUT2D eigenvalue weighted by Gasteiger charge is 2.19. The second-order valence-corrected chi connectivity index (χ2v) is 6.69. The van der Waals surface area contributed by atoms with Gasteiger partial charge >= 0.3 is 0 Å². The van der Waals surface area contributed by atoms with Crippen LogP contribution in [-0.2, 0) is 0 Å². The Balaban J connectivity index is 2.38. The summed E-state index contributed by atoms with van der Waals surface area (Å²) in [6.45, 7) is 3.96. The zero-order chi connectivity index (χ0) is 17.4. The van der Waals surface area contributed by atoms with Crippen LogP contribution >= 0.6 is 11.8 Å². The van der Waals surface area contributed by atoms with E-state index in [1.165, 1.54) is 11.8 Å². The molecular weight excluding hydrogens is 324 g/mol. The van der Waals surface area contributed by atoms with Gasteiger partial charge in [0.05, 0.1) is 5.69 Å². The number of thioether (sulfide) groups is 1. The fourth-order valence-corrected chi connectivity index (χ4v) is 2.92. The van der Waals surface area contributed by atoms with Crippen LogP contribution in [0.1, 0.15) is 19.9 Å². The summed E-state index contributed by atoms with van der Waals surface area (Å²) < 4.78 is 3.57. The largest absolute Gasteiger partial charge is 0.363 e. The van der Waals surface area contributed by atoms with Gasteiger partial charge in [-0.1, -0.05) is 11.8 Å². The number of anilines is 1. The third kappa shape index (κ3) is 2.66. The summed E-state index contributed by atoms with van der Waals surface area (Å²) in [6.07, 6.45) is 5.27. The Labute approximate surface area is 144 Å². The molecule has 0 unspecified atom stereocenters. The molecule has 3 aromatic heterocycles. The van der Waals surface area contributed by atoms with Crippen molar-refractivity contribution in [2.24, 2.45) is 0 Å². The highest BCUT2D eigenvalue weighted by Crippen LogP contribution is 2.22. The molecule has 0 saturated carbocycles. The topological polar surface area (TPSA) is 68.8 Å². The van der Waals surface area contributed by atoms with Crippen LogP contribution in [0.4, 0.5) is 5.82 Å². The summed E-state index contributed by atoms with van der Waals surface area (Å²) in [5, 5.41) is 1.16. The lowest BCUT2D eigenvalue weighted by atomic mass is 10.3. The average molecular weight is 344 g/mol. The zero-order valence-corrected chi connectivity index (χ0v) is 15.2. The minimum Gasteiger partial charge on any atom is -0.363 e. The normalized spacial score (nSPS) is 11.4. The van der Waals surface area contributed by atoms with E-state index < -0.39 is 0 Å². The second kappa shape index (κ2) is 6.27. The summed E-state index contributed by atoms with van der Waals surface area (Å²) in [5.41, 5.74) is 1.38. The molecule has 0 aliphatic heterocycles. The van der Waals surface area contributed by atoms with Crippen LogP contribution in [0.5, 0.6) is 0 Å². The van der Waals surface area contributed by atoms with Gasteiger partial charge in [-0.15, -0.1) is 0 Å². The molecule has 126 valence electrons. The maximum atomic E-state index is 12.8. The van der Waals surface area contributed by atoms with E-state index >= 15 is 0 Å². The molecule has 0 amide bonds. The molecule has 0 spiro atoms. The van der Waals surface area contributed by atoms with Crippen LogP contribution in [0, 0.1) is 0 Å². The van der Waals surface area contributed by atoms with Gasteiger partial charge in [-0.25, -0.2) is 24.3 Å². The fraction of sp³-hybridized carbons (Fsp3) is 0.375. The van der Waals surface area contributed by atoms with E-state index in [1.807, 2.05) is 55.9 Å². The van der Waals surface area contributed by atoms with Crippen LogP contribution in [0.15, 0.2) is 34.5 Å². The third-order valence-electron chi connectivity index (χ3n) is 3.70. The van der Waals surface area contributed by atoms with E-state index in [0.717, 1.165) is 11.5 Å². The van der Waals surface area contributed by atoms with Crippen molar-refractivity contribution in [3.05, 3.63) is 34.9 Å². The van der Waals surface area contributed by atoms with Gasteiger partial charge in [0.15, 0.2) is 10.8 Å². The molecule has 24 heavy (non-hydrogen) atoms. The van der Waals surface area contributed by atoms with Gasteiger partial charge in [0, 0.05) is 38.6 Å². The molecule has 0 aromatic carbocycles. The first-order chi connectivity index (χ1) is 11.4. The van der Waals surface area contributed by atoms with Crippen LogP contribution in [0.25, 0.3) is 16.7 Å². The number of hydrogen-bond donors (Lipinski definition) is 0. The van der Waals surface area contributed by atoms with Crippen LogP contribution in [0.3, 0.4) is 0 Å². The molecule has 0 radical (unpaired) electrons. The Kier molecular flexibility index (Phi) is 4.31. The predicted molar refractivity (Wildman–Crippen MR) is 97.4 cm³/mol. The van der Waals surface area contributed by atoms with Crippen molar-refractivity contribution >= 4 is 28.6 Å². The van der Waals surface area contributed by atoms with Crippen molar-refractivity contribution in [2.75, 3.05) is 25.3 Å². The maximum absolute atomic E-state index is 12.8. The summed E-state index contributed by atoms with van der Waals surface area (Å²) in [4.78, 5) is 27.9. The minimum absolute atomic E-state index is 0.0135. The molecule has 0 N–H and O–H groups in total. The number of nitrogens with zero attached hydrogens (tertiary/aromatic N) is 6. The molecule has 0 fully saturated rings. The highest BCUT2D eigenvalue weighted by molar-refractivity contribution is 7.98. The van der Waals surface area contributed by atoms with Crippen LogP contribution < -0.4 is 10.5 Å². The van der Waals surface area contributed by atoms with Gasteiger partial charge in [-0.05, 0) is 26.2 Å². The third-order valence-corrected chi connectivity index (χ3v) is 4.27. The summed E-state index contributed by atoms with van der Waals surface area (Å²) in [6, 6.07) is 3.81. The van der Waals surface area contributed by atoms with E-state index in [-0.39, 0.29) is 11.6 Å². The lowest BCUT2D eigenvalue weighted by molar-refractivity contribution is 0.475. The number of pyridine rings is 1. The quantitative estimate of drug-likeness (QED) is 0.534. The number of aromatic nitrogens is 5. The Bertz CT molecular complexity index is 943. The maximum Gasteiger partial charge on any atom is 0.278 e. The minimum atomic E-state index is -0.0872. The molecule has 8 heteroatoms. The van der Waals surface area contributed by atoms with E-state index in [0.29, 0.717) is 16.2 Å². The van der Waals surface area contributed by atoms with Crippen molar-refractivity contribution < 1.29 is 0 Å². The Morgan fingerprint density at radius 2 is 2.00 bits per heavy atom. The van der Waals surface area contributed by atoms with E-state index in [4.69, 9.17) is 0 Å². The van der Waals surface area contributed by atoms with E-state index in [9.17, 15) is 4.79 Å².